The lowest BCUT2D eigenvalue weighted by molar-refractivity contribution is 0.199. The summed E-state index contributed by atoms with van der Waals surface area (Å²) in [5.41, 5.74) is 1.81. The molecule has 5 nitrogen and oxygen atoms in total. The molecular weight excluding hydrogens is 242 g/mol. The van der Waals surface area contributed by atoms with Gasteiger partial charge in [0.1, 0.15) is 5.75 Å². The Morgan fingerprint density at radius 1 is 1.21 bits per heavy atom. The average Bonchev–Trinajstić information content (AvgIpc) is 2.45. The topological polar surface area (TPSA) is 67.3 Å². The third kappa shape index (κ3) is 4.01. The molecule has 5 heteroatoms. The van der Waals surface area contributed by atoms with Crippen molar-refractivity contribution in [3.8, 4) is 17.1 Å². The van der Waals surface area contributed by atoms with E-state index in [1.807, 2.05) is 6.07 Å². The van der Waals surface area contributed by atoms with E-state index in [4.69, 9.17) is 4.74 Å². The van der Waals surface area contributed by atoms with E-state index in [0.29, 0.717) is 19.0 Å². The number of hydrogen-bond donors (Lipinski definition) is 2. The maximum atomic E-state index is 9.26. The Hall–Kier alpha value is -1.98. The summed E-state index contributed by atoms with van der Waals surface area (Å²) < 4.78 is 4.97. The zero-order chi connectivity index (χ0) is 13.5. The standard InChI is InChI=1S/C14H17N3O2/c1-19-9-8-15-10-12-6-7-16-14(17-12)11-2-4-13(18)5-3-11/h2-7,15,18H,8-10H2,1H3. The van der Waals surface area contributed by atoms with Crippen LogP contribution in [-0.4, -0.2) is 35.3 Å². The monoisotopic (exact) mass is 259 g/mol. The summed E-state index contributed by atoms with van der Waals surface area (Å²) in [7, 11) is 1.68. The summed E-state index contributed by atoms with van der Waals surface area (Å²) in [6.45, 7) is 2.14. The van der Waals surface area contributed by atoms with Gasteiger partial charge in [0, 0.05) is 32.0 Å². The lowest BCUT2D eigenvalue weighted by Gasteiger charge is -2.05. The number of aromatic nitrogens is 2. The van der Waals surface area contributed by atoms with Gasteiger partial charge in [0.2, 0.25) is 0 Å². The summed E-state index contributed by atoms with van der Waals surface area (Å²) in [5.74, 6) is 0.896. The molecule has 0 saturated carbocycles. The van der Waals surface area contributed by atoms with Gasteiger partial charge in [0.05, 0.1) is 12.3 Å². The van der Waals surface area contributed by atoms with Gasteiger partial charge >= 0.3 is 0 Å². The Bertz CT molecular complexity index is 514. The van der Waals surface area contributed by atoms with E-state index < -0.39 is 0 Å². The van der Waals surface area contributed by atoms with Gasteiger partial charge < -0.3 is 15.2 Å². The van der Waals surface area contributed by atoms with Crippen LogP contribution in [0.25, 0.3) is 11.4 Å². The second-order valence-corrected chi connectivity index (χ2v) is 4.09. The molecule has 2 rings (SSSR count). The number of phenolic OH excluding ortho intramolecular Hbond substituents is 1. The van der Waals surface area contributed by atoms with Crippen molar-refractivity contribution in [2.24, 2.45) is 0 Å². The van der Waals surface area contributed by atoms with Crippen LogP contribution in [0.5, 0.6) is 5.75 Å². The minimum atomic E-state index is 0.237. The van der Waals surface area contributed by atoms with Crippen molar-refractivity contribution in [1.29, 1.82) is 0 Å². The minimum Gasteiger partial charge on any atom is -0.508 e. The van der Waals surface area contributed by atoms with Crippen LogP contribution in [0.1, 0.15) is 5.69 Å². The highest BCUT2D eigenvalue weighted by Crippen LogP contribution is 2.18. The number of ether oxygens (including phenoxy) is 1. The molecule has 0 unspecified atom stereocenters. The van der Waals surface area contributed by atoms with Crippen LogP contribution in [0.2, 0.25) is 0 Å². The fourth-order valence-corrected chi connectivity index (χ4v) is 1.63. The van der Waals surface area contributed by atoms with E-state index in [-0.39, 0.29) is 5.75 Å². The second-order valence-electron chi connectivity index (χ2n) is 4.09. The first-order valence-corrected chi connectivity index (χ1v) is 6.10. The zero-order valence-corrected chi connectivity index (χ0v) is 10.8. The van der Waals surface area contributed by atoms with Gasteiger partial charge in [0.15, 0.2) is 5.82 Å². The van der Waals surface area contributed by atoms with Crippen molar-refractivity contribution in [2.45, 2.75) is 6.54 Å². The van der Waals surface area contributed by atoms with Crippen molar-refractivity contribution in [2.75, 3.05) is 20.3 Å². The molecule has 2 aromatic rings. The van der Waals surface area contributed by atoms with Crippen molar-refractivity contribution in [3.63, 3.8) is 0 Å². The largest absolute Gasteiger partial charge is 0.508 e. The molecule has 0 spiro atoms. The van der Waals surface area contributed by atoms with Crippen LogP contribution < -0.4 is 5.32 Å². The molecular formula is C14H17N3O2. The van der Waals surface area contributed by atoms with E-state index in [1.54, 1.807) is 37.6 Å². The maximum Gasteiger partial charge on any atom is 0.159 e. The smallest absolute Gasteiger partial charge is 0.159 e. The van der Waals surface area contributed by atoms with Gasteiger partial charge in [-0.1, -0.05) is 0 Å². The Kier molecular flexibility index (Phi) is 4.83. The molecule has 0 atom stereocenters. The zero-order valence-electron chi connectivity index (χ0n) is 10.8. The number of nitrogens with zero attached hydrogens (tertiary/aromatic N) is 2. The summed E-state index contributed by atoms with van der Waals surface area (Å²) in [4.78, 5) is 8.71. The summed E-state index contributed by atoms with van der Waals surface area (Å²) in [5, 5.41) is 12.5. The first kappa shape index (κ1) is 13.5. The SMILES string of the molecule is COCCNCc1ccnc(-c2ccc(O)cc2)n1. The molecule has 1 aromatic carbocycles. The van der Waals surface area contributed by atoms with Crippen molar-refractivity contribution < 1.29 is 9.84 Å². The van der Waals surface area contributed by atoms with Gasteiger partial charge in [0.25, 0.3) is 0 Å². The number of methoxy groups -OCH3 is 1. The fourth-order valence-electron chi connectivity index (χ4n) is 1.63. The van der Waals surface area contributed by atoms with Crippen LogP contribution in [0.3, 0.4) is 0 Å². The molecule has 19 heavy (non-hydrogen) atoms. The third-order valence-corrected chi connectivity index (χ3v) is 2.63. The highest BCUT2D eigenvalue weighted by molar-refractivity contribution is 5.55. The van der Waals surface area contributed by atoms with Crippen LogP contribution in [0.15, 0.2) is 36.5 Å². The highest BCUT2D eigenvalue weighted by Gasteiger charge is 2.02. The van der Waals surface area contributed by atoms with E-state index in [1.165, 1.54) is 0 Å². The Balaban J connectivity index is 2.04. The van der Waals surface area contributed by atoms with Crippen molar-refractivity contribution in [3.05, 3.63) is 42.2 Å². The lowest BCUT2D eigenvalue weighted by Crippen LogP contribution is -2.19. The molecule has 0 amide bonds. The van der Waals surface area contributed by atoms with E-state index >= 15 is 0 Å². The molecule has 0 aliphatic carbocycles. The van der Waals surface area contributed by atoms with Gasteiger partial charge in [-0.25, -0.2) is 9.97 Å². The molecule has 0 radical (unpaired) electrons. The predicted molar refractivity (Wildman–Crippen MR) is 72.7 cm³/mol. The number of hydrogen-bond acceptors (Lipinski definition) is 5. The molecule has 100 valence electrons. The first-order chi connectivity index (χ1) is 9.29. The first-order valence-electron chi connectivity index (χ1n) is 6.10. The summed E-state index contributed by atoms with van der Waals surface area (Å²) in [6, 6.07) is 8.73. The molecule has 0 aliphatic rings. The number of rotatable bonds is 6. The highest BCUT2D eigenvalue weighted by atomic mass is 16.5. The van der Waals surface area contributed by atoms with Crippen LogP contribution in [-0.2, 0) is 11.3 Å². The van der Waals surface area contributed by atoms with E-state index in [9.17, 15) is 5.11 Å². The Labute approximate surface area is 112 Å². The number of benzene rings is 1. The number of nitrogens with one attached hydrogen (secondary N) is 1. The van der Waals surface area contributed by atoms with Gasteiger partial charge in [-0.3, -0.25) is 0 Å². The van der Waals surface area contributed by atoms with Crippen LogP contribution in [0, 0.1) is 0 Å². The van der Waals surface area contributed by atoms with Crippen molar-refractivity contribution >= 4 is 0 Å². The quantitative estimate of drug-likeness (QED) is 0.771. The molecule has 2 N–H and O–H groups in total. The lowest BCUT2D eigenvalue weighted by atomic mass is 10.2. The normalized spacial score (nSPS) is 10.6. The number of phenols is 1. The number of aromatic hydroxyl groups is 1. The molecule has 1 aromatic heterocycles. The molecule has 0 fully saturated rings. The Morgan fingerprint density at radius 3 is 2.74 bits per heavy atom. The summed E-state index contributed by atoms with van der Waals surface area (Å²) in [6.07, 6.45) is 1.74. The van der Waals surface area contributed by atoms with Gasteiger partial charge in [-0.2, -0.15) is 0 Å². The van der Waals surface area contributed by atoms with E-state index in [0.717, 1.165) is 17.8 Å². The van der Waals surface area contributed by atoms with E-state index in [2.05, 4.69) is 15.3 Å². The Morgan fingerprint density at radius 2 is 2.00 bits per heavy atom. The van der Waals surface area contributed by atoms with Crippen molar-refractivity contribution in [1.82, 2.24) is 15.3 Å². The van der Waals surface area contributed by atoms with Crippen LogP contribution >= 0.6 is 0 Å². The molecule has 0 aliphatic heterocycles. The molecule has 0 saturated heterocycles. The van der Waals surface area contributed by atoms with Gasteiger partial charge in [-0.05, 0) is 30.3 Å². The maximum absolute atomic E-state index is 9.26. The third-order valence-electron chi connectivity index (χ3n) is 2.63. The average molecular weight is 259 g/mol. The van der Waals surface area contributed by atoms with Crippen LogP contribution in [0.4, 0.5) is 0 Å². The van der Waals surface area contributed by atoms with Gasteiger partial charge in [-0.15, -0.1) is 0 Å². The second kappa shape index (κ2) is 6.82. The summed E-state index contributed by atoms with van der Waals surface area (Å²) >= 11 is 0. The predicted octanol–water partition coefficient (Wildman–Crippen LogP) is 1.59. The fraction of sp³-hybridized carbons (Fsp3) is 0.286. The minimum absolute atomic E-state index is 0.237. The molecule has 0 bridgehead atoms. The molecule has 1 heterocycles.